The molecule has 0 fully saturated rings. The lowest BCUT2D eigenvalue weighted by Gasteiger charge is -2.34. The van der Waals surface area contributed by atoms with E-state index in [1.165, 1.54) is 37.0 Å². The van der Waals surface area contributed by atoms with Crippen LogP contribution in [-0.2, 0) is 5.41 Å². The zero-order valence-corrected chi connectivity index (χ0v) is 20.2. The van der Waals surface area contributed by atoms with E-state index < -0.39 is 0 Å². The van der Waals surface area contributed by atoms with E-state index in [2.05, 4.69) is 155 Å². The number of benzene rings is 5. The van der Waals surface area contributed by atoms with Gasteiger partial charge >= 0.3 is 0 Å². The van der Waals surface area contributed by atoms with Crippen LogP contribution in [0, 0.1) is 3.57 Å². The molecule has 0 unspecified atom stereocenters. The Kier molecular flexibility index (Phi) is 5.03. The quantitative estimate of drug-likeness (QED) is 0.224. The number of hydrogen-bond acceptors (Lipinski definition) is 1. The molecule has 1 nitrogen and oxygen atoms in total. The minimum absolute atomic E-state index is 0.337. The Morgan fingerprint density at radius 3 is 1.48 bits per heavy atom. The topological polar surface area (TPSA) is 12.0 Å². The standard InChI is InChI=1S/C31H22IN/c32-24-16-20-26(21-17-24)33-25-18-14-23(15-19-25)31(22-8-2-1-3-9-22)29-12-6-4-10-27(29)28-11-5-7-13-30(28)31/h1-21,33H. The summed E-state index contributed by atoms with van der Waals surface area (Å²) in [5.41, 5.74) is 9.73. The number of nitrogens with one attached hydrogen (secondary N) is 1. The van der Waals surface area contributed by atoms with Gasteiger partial charge in [-0.2, -0.15) is 0 Å². The van der Waals surface area contributed by atoms with Crippen molar-refractivity contribution in [2.45, 2.75) is 5.41 Å². The summed E-state index contributed by atoms with van der Waals surface area (Å²) in [6.07, 6.45) is 0. The summed E-state index contributed by atoms with van der Waals surface area (Å²) in [4.78, 5) is 0. The summed E-state index contributed by atoms with van der Waals surface area (Å²) >= 11 is 2.33. The lowest BCUT2D eigenvalue weighted by Crippen LogP contribution is -2.28. The molecule has 5 aromatic carbocycles. The van der Waals surface area contributed by atoms with Crippen molar-refractivity contribution in [3.8, 4) is 11.1 Å². The van der Waals surface area contributed by atoms with Crippen LogP contribution < -0.4 is 5.32 Å². The average molecular weight is 535 g/mol. The van der Waals surface area contributed by atoms with Crippen molar-refractivity contribution in [1.82, 2.24) is 0 Å². The van der Waals surface area contributed by atoms with E-state index in [1.54, 1.807) is 0 Å². The third-order valence-corrected chi connectivity index (χ3v) is 7.33. The van der Waals surface area contributed by atoms with Crippen LogP contribution in [-0.4, -0.2) is 0 Å². The van der Waals surface area contributed by atoms with Crippen LogP contribution in [0.4, 0.5) is 11.4 Å². The van der Waals surface area contributed by atoms with E-state index in [1.807, 2.05) is 0 Å². The zero-order valence-electron chi connectivity index (χ0n) is 18.0. The molecular weight excluding hydrogens is 513 g/mol. The maximum atomic E-state index is 3.54. The maximum absolute atomic E-state index is 3.54. The molecule has 0 saturated heterocycles. The Hall–Kier alpha value is -3.37. The molecule has 2 heteroatoms. The van der Waals surface area contributed by atoms with Crippen LogP contribution >= 0.6 is 22.6 Å². The highest BCUT2D eigenvalue weighted by atomic mass is 127. The van der Waals surface area contributed by atoms with Gasteiger partial charge in [-0.25, -0.2) is 0 Å². The van der Waals surface area contributed by atoms with Crippen molar-refractivity contribution in [3.05, 3.63) is 153 Å². The Morgan fingerprint density at radius 1 is 0.455 bits per heavy atom. The minimum atomic E-state index is -0.337. The van der Waals surface area contributed by atoms with Gasteiger partial charge in [0, 0.05) is 14.9 Å². The molecular formula is C31H22IN. The molecule has 0 saturated carbocycles. The van der Waals surface area contributed by atoms with Gasteiger partial charge in [0.15, 0.2) is 0 Å². The zero-order chi connectivity index (χ0) is 22.3. The van der Waals surface area contributed by atoms with Gasteiger partial charge in [-0.1, -0.05) is 91.0 Å². The van der Waals surface area contributed by atoms with Gasteiger partial charge in [0.1, 0.15) is 0 Å². The first-order chi connectivity index (χ1) is 16.3. The number of rotatable bonds is 4. The number of fused-ring (bicyclic) bond motifs is 3. The third-order valence-electron chi connectivity index (χ3n) is 6.61. The SMILES string of the molecule is Ic1ccc(Nc2ccc(C3(c4ccccc4)c4ccccc4-c4ccccc43)cc2)cc1. The van der Waals surface area contributed by atoms with E-state index in [-0.39, 0.29) is 5.41 Å². The Labute approximate surface area is 208 Å². The first kappa shape index (κ1) is 20.3. The van der Waals surface area contributed by atoms with Crippen LogP contribution in [0.2, 0.25) is 0 Å². The Balaban J connectivity index is 1.53. The van der Waals surface area contributed by atoms with Gasteiger partial charge in [0.25, 0.3) is 0 Å². The normalized spacial score (nSPS) is 13.2. The fourth-order valence-electron chi connectivity index (χ4n) is 5.22. The summed E-state index contributed by atoms with van der Waals surface area (Å²) < 4.78 is 1.23. The maximum Gasteiger partial charge on any atom is 0.0713 e. The summed E-state index contributed by atoms with van der Waals surface area (Å²) in [5.74, 6) is 0. The largest absolute Gasteiger partial charge is 0.356 e. The fraction of sp³-hybridized carbons (Fsp3) is 0.0323. The predicted molar refractivity (Wildman–Crippen MR) is 146 cm³/mol. The molecule has 0 radical (unpaired) electrons. The van der Waals surface area contributed by atoms with Crippen molar-refractivity contribution < 1.29 is 0 Å². The van der Waals surface area contributed by atoms with E-state index in [0.29, 0.717) is 0 Å². The molecule has 33 heavy (non-hydrogen) atoms. The minimum Gasteiger partial charge on any atom is -0.356 e. The van der Waals surface area contributed by atoms with E-state index in [9.17, 15) is 0 Å². The lowest BCUT2D eigenvalue weighted by atomic mass is 9.68. The molecule has 158 valence electrons. The molecule has 6 rings (SSSR count). The van der Waals surface area contributed by atoms with Gasteiger partial charge < -0.3 is 5.32 Å². The summed E-state index contributed by atoms with van der Waals surface area (Å²) in [6, 6.07) is 46.0. The van der Waals surface area contributed by atoms with Crippen LogP contribution in [0.3, 0.4) is 0 Å². The highest BCUT2D eigenvalue weighted by Crippen LogP contribution is 2.55. The van der Waals surface area contributed by atoms with Crippen molar-refractivity contribution in [1.29, 1.82) is 0 Å². The monoisotopic (exact) mass is 535 g/mol. The Bertz CT molecular complexity index is 1380. The van der Waals surface area contributed by atoms with Crippen LogP contribution in [0.1, 0.15) is 22.3 Å². The highest BCUT2D eigenvalue weighted by molar-refractivity contribution is 14.1. The summed E-state index contributed by atoms with van der Waals surface area (Å²) in [6.45, 7) is 0. The molecule has 1 aliphatic rings. The van der Waals surface area contributed by atoms with Gasteiger partial charge in [0.05, 0.1) is 5.41 Å². The summed E-state index contributed by atoms with van der Waals surface area (Å²) in [5, 5.41) is 3.54. The molecule has 0 bridgehead atoms. The van der Waals surface area contributed by atoms with Gasteiger partial charge in [-0.15, -0.1) is 0 Å². The molecule has 0 aliphatic heterocycles. The third kappa shape index (κ3) is 3.28. The molecule has 1 aliphatic carbocycles. The molecule has 0 amide bonds. The van der Waals surface area contributed by atoms with Gasteiger partial charge in [-0.3, -0.25) is 0 Å². The molecule has 0 spiro atoms. The van der Waals surface area contributed by atoms with E-state index >= 15 is 0 Å². The van der Waals surface area contributed by atoms with E-state index in [4.69, 9.17) is 0 Å². The smallest absolute Gasteiger partial charge is 0.0713 e. The fourth-order valence-corrected chi connectivity index (χ4v) is 5.57. The number of anilines is 2. The van der Waals surface area contributed by atoms with Crippen LogP contribution in [0.15, 0.2) is 127 Å². The first-order valence-corrected chi connectivity index (χ1v) is 12.2. The van der Waals surface area contributed by atoms with Gasteiger partial charge in [-0.05, 0) is 92.4 Å². The van der Waals surface area contributed by atoms with Crippen molar-refractivity contribution >= 4 is 34.0 Å². The van der Waals surface area contributed by atoms with Crippen molar-refractivity contribution in [2.75, 3.05) is 5.32 Å². The second-order valence-electron chi connectivity index (χ2n) is 8.42. The number of halogens is 1. The van der Waals surface area contributed by atoms with Crippen molar-refractivity contribution in [3.63, 3.8) is 0 Å². The Morgan fingerprint density at radius 2 is 0.909 bits per heavy atom. The second-order valence-corrected chi connectivity index (χ2v) is 9.66. The van der Waals surface area contributed by atoms with Gasteiger partial charge in [0.2, 0.25) is 0 Å². The predicted octanol–water partition coefficient (Wildman–Crippen LogP) is 8.40. The second kappa shape index (κ2) is 8.20. The lowest BCUT2D eigenvalue weighted by molar-refractivity contribution is 0.768. The van der Waals surface area contributed by atoms with Crippen LogP contribution in [0.25, 0.3) is 11.1 Å². The molecule has 0 heterocycles. The van der Waals surface area contributed by atoms with Crippen LogP contribution in [0.5, 0.6) is 0 Å². The highest BCUT2D eigenvalue weighted by Gasteiger charge is 2.45. The molecule has 5 aromatic rings. The van der Waals surface area contributed by atoms with Crippen molar-refractivity contribution in [2.24, 2.45) is 0 Å². The molecule has 0 atom stereocenters. The average Bonchev–Trinajstić information content (AvgIpc) is 3.18. The molecule has 0 aromatic heterocycles. The molecule has 1 N–H and O–H groups in total. The summed E-state index contributed by atoms with van der Waals surface area (Å²) in [7, 11) is 0. The van der Waals surface area contributed by atoms with E-state index in [0.717, 1.165) is 11.4 Å². The first-order valence-electron chi connectivity index (χ1n) is 11.1. The number of hydrogen-bond donors (Lipinski definition) is 1.